The van der Waals surface area contributed by atoms with Crippen LogP contribution in [0, 0.1) is 0 Å². The first-order valence-corrected chi connectivity index (χ1v) is 9.49. The Labute approximate surface area is 158 Å². The van der Waals surface area contributed by atoms with Crippen molar-refractivity contribution in [3.8, 4) is 0 Å². The molecule has 0 aliphatic heterocycles. The van der Waals surface area contributed by atoms with Crippen LogP contribution in [0.3, 0.4) is 0 Å². The van der Waals surface area contributed by atoms with Crippen molar-refractivity contribution in [2.45, 2.75) is 14.7 Å². The van der Waals surface area contributed by atoms with E-state index in [2.05, 4.69) is 0 Å². The van der Waals surface area contributed by atoms with Gasteiger partial charge < -0.3 is 0 Å². The molecule has 0 aliphatic carbocycles. The van der Waals surface area contributed by atoms with E-state index in [1.165, 1.54) is 0 Å². The first-order chi connectivity index (χ1) is 11.0. The molecule has 3 rings (SSSR count). The topological polar surface area (TPSA) is 0 Å². The van der Waals surface area contributed by atoms with E-state index >= 15 is 0 Å². The molecule has 0 unspecified atom stereocenters. The smallest absolute Gasteiger partial charge is 0.0843 e. The Morgan fingerprint density at radius 1 is 0.522 bits per heavy atom. The highest BCUT2D eigenvalue weighted by atomic mass is 35.5. The Bertz CT molecular complexity index is 768. The van der Waals surface area contributed by atoms with Crippen molar-refractivity contribution >= 4 is 57.3 Å². The molecule has 0 atom stereocenters. The van der Waals surface area contributed by atoms with Crippen LogP contribution in [0.5, 0.6) is 0 Å². The van der Waals surface area contributed by atoms with Crippen molar-refractivity contribution in [3.63, 3.8) is 0 Å². The lowest BCUT2D eigenvalue weighted by Crippen LogP contribution is -2.05. The van der Waals surface area contributed by atoms with Crippen LogP contribution in [0.15, 0.2) is 81.4 Å². The first-order valence-electron chi connectivity index (χ1n) is 6.75. The second kappa shape index (κ2) is 7.38. The predicted molar refractivity (Wildman–Crippen MR) is 102 cm³/mol. The second-order valence-electron chi connectivity index (χ2n) is 4.79. The van der Waals surface area contributed by atoms with Crippen LogP contribution in [0.2, 0.25) is 20.1 Å². The Balaban J connectivity index is 2.16. The van der Waals surface area contributed by atoms with Gasteiger partial charge in [-0.15, -0.1) is 0 Å². The molecule has 0 spiro atoms. The molecule has 0 saturated heterocycles. The second-order valence-corrected chi connectivity index (χ2v) is 8.50. The number of hydrogen-bond acceptors (Lipinski definition) is 0. The molecule has 23 heavy (non-hydrogen) atoms. The Morgan fingerprint density at radius 3 is 1.39 bits per heavy atom. The molecule has 0 bridgehead atoms. The fourth-order valence-corrected chi connectivity index (χ4v) is 5.12. The number of halogens is 4. The molecule has 5 heteroatoms. The molecule has 0 aliphatic rings. The number of hydrogen-bond donors (Lipinski definition) is 0. The van der Waals surface area contributed by atoms with E-state index < -0.39 is 0 Å². The maximum absolute atomic E-state index is 6.46. The molecule has 0 fully saturated rings. The molecule has 0 amide bonds. The minimum atomic E-state index is -0.359. The van der Waals surface area contributed by atoms with Crippen molar-refractivity contribution < 1.29 is 0 Å². The summed E-state index contributed by atoms with van der Waals surface area (Å²) in [6.07, 6.45) is 0. The number of rotatable bonds is 3. The van der Waals surface area contributed by atoms with Gasteiger partial charge in [0, 0.05) is 15.1 Å². The van der Waals surface area contributed by atoms with E-state index in [9.17, 15) is 0 Å². The highest BCUT2D eigenvalue weighted by molar-refractivity contribution is 7.97. The van der Waals surface area contributed by atoms with Gasteiger partial charge in [0.1, 0.15) is 10.9 Å². The van der Waals surface area contributed by atoms with Gasteiger partial charge >= 0.3 is 0 Å². The predicted octanol–water partition coefficient (Wildman–Crippen LogP) is 7.40. The first kappa shape index (κ1) is 17.0. The third-order valence-corrected chi connectivity index (χ3v) is 6.66. The van der Waals surface area contributed by atoms with Crippen molar-refractivity contribution in [2.24, 2.45) is 0 Å². The van der Waals surface area contributed by atoms with Crippen LogP contribution in [0.4, 0.5) is 0 Å². The van der Waals surface area contributed by atoms with Gasteiger partial charge in [0.15, 0.2) is 14.7 Å². The zero-order valence-electron chi connectivity index (χ0n) is 11.8. The van der Waals surface area contributed by atoms with E-state index in [-0.39, 0.29) is 10.9 Å². The normalized spacial score (nSPS) is 11.0. The summed E-state index contributed by atoms with van der Waals surface area (Å²) in [4.78, 5) is 3.27. The molecule has 116 valence electrons. The molecule has 0 heterocycles. The zero-order valence-corrected chi connectivity index (χ0v) is 15.6. The quantitative estimate of drug-likeness (QED) is 0.402. The maximum Gasteiger partial charge on any atom is 0.185 e. The van der Waals surface area contributed by atoms with Crippen LogP contribution in [-0.4, -0.2) is 0 Å². The highest BCUT2D eigenvalue weighted by Crippen LogP contribution is 2.37. The standard InChI is InChI=1S/C18H11Cl4S/c19-12-1-6-15(7-2-12)23(16-8-3-13(20)4-9-16)18-10-5-14(21)11-17(18)22/h1-11H/q+1. The van der Waals surface area contributed by atoms with Crippen molar-refractivity contribution in [1.82, 2.24) is 0 Å². The molecule has 0 nitrogen and oxygen atoms in total. The van der Waals surface area contributed by atoms with E-state index in [1.807, 2.05) is 60.7 Å². The summed E-state index contributed by atoms with van der Waals surface area (Å²) in [6, 6.07) is 21.2. The van der Waals surface area contributed by atoms with Crippen LogP contribution in [0.1, 0.15) is 0 Å². The summed E-state index contributed by atoms with van der Waals surface area (Å²) in [5, 5.41) is 2.67. The van der Waals surface area contributed by atoms with Crippen molar-refractivity contribution in [2.75, 3.05) is 0 Å². The van der Waals surface area contributed by atoms with E-state index in [1.54, 1.807) is 6.07 Å². The molecule has 3 aromatic rings. The lowest BCUT2D eigenvalue weighted by molar-refractivity contribution is 1.32. The van der Waals surface area contributed by atoms with Gasteiger partial charge in [0.2, 0.25) is 0 Å². The van der Waals surface area contributed by atoms with Gasteiger partial charge in [-0.05, 0) is 66.7 Å². The highest BCUT2D eigenvalue weighted by Gasteiger charge is 2.31. The lowest BCUT2D eigenvalue weighted by Gasteiger charge is -2.10. The third-order valence-electron chi connectivity index (χ3n) is 3.21. The summed E-state index contributed by atoms with van der Waals surface area (Å²) in [5.41, 5.74) is 0. The molecular weight excluding hydrogens is 390 g/mol. The Morgan fingerprint density at radius 2 is 0.957 bits per heavy atom. The molecular formula is C18H11Cl4S+. The van der Waals surface area contributed by atoms with Gasteiger partial charge in [-0.2, -0.15) is 0 Å². The van der Waals surface area contributed by atoms with E-state index in [0.717, 1.165) is 14.7 Å². The summed E-state index contributed by atoms with van der Waals surface area (Å²) in [5.74, 6) is 0. The average Bonchev–Trinajstić information content (AvgIpc) is 2.53. The van der Waals surface area contributed by atoms with Crippen LogP contribution in [0.25, 0.3) is 0 Å². The molecule has 0 aromatic heterocycles. The molecule has 0 radical (unpaired) electrons. The largest absolute Gasteiger partial charge is 0.185 e. The fourth-order valence-electron chi connectivity index (χ4n) is 2.17. The Kier molecular flexibility index (Phi) is 5.45. The van der Waals surface area contributed by atoms with E-state index in [0.29, 0.717) is 20.1 Å². The molecule has 3 aromatic carbocycles. The van der Waals surface area contributed by atoms with Gasteiger partial charge in [0.25, 0.3) is 0 Å². The molecule has 0 saturated carbocycles. The Hall–Kier alpha value is -0.830. The molecule has 0 N–H and O–H groups in total. The van der Waals surface area contributed by atoms with Gasteiger partial charge in [0.05, 0.1) is 5.02 Å². The minimum absolute atomic E-state index is 0.359. The average molecular weight is 401 g/mol. The van der Waals surface area contributed by atoms with E-state index in [4.69, 9.17) is 46.4 Å². The third kappa shape index (κ3) is 3.99. The van der Waals surface area contributed by atoms with Gasteiger partial charge in [-0.25, -0.2) is 0 Å². The van der Waals surface area contributed by atoms with Gasteiger partial charge in [-0.3, -0.25) is 0 Å². The summed E-state index contributed by atoms with van der Waals surface area (Å²) >= 11 is 24.5. The SMILES string of the molecule is Clc1ccc([S+](c2ccc(Cl)cc2)c2ccc(Cl)cc2Cl)cc1. The van der Waals surface area contributed by atoms with Gasteiger partial charge in [-0.1, -0.05) is 46.4 Å². The monoisotopic (exact) mass is 399 g/mol. The van der Waals surface area contributed by atoms with Crippen LogP contribution in [-0.2, 0) is 10.9 Å². The fraction of sp³-hybridized carbons (Fsp3) is 0. The summed E-state index contributed by atoms with van der Waals surface area (Å²) in [6.45, 7) is 0. The summed E-state index contributed by atoms with van der Waals surface area (Å²) in [7, 11) is -0.359. The maximum atomic E-state index is 6.46. The van der Waals surface area contributed by atoms with Crippen molar-refractivity contribution in [3.05, 3.63) is 86.8 Å². The zero-order chi connectivity index (χ0) is 16.4. The lowest BCUT2D eigenvalue weighted by atomic mass is 10.3. The summed E-state index contributed by atoms with van der Waals surface area (Å²) < 4.78 is 0. The van der Waals surface area contributed by atoms with Crippen molar-refractivity contribution in [1.29, 1.82) is 0 Å². The minimum Gasteiger partial charge on any atom is -0.0843 e. The number of benzene rings is 3. The van der Waals surface area contributed by atoms with Crippen LogP contribution >= 0.6 is 46.4 Å². The van der Waals surface area contributed by atoms with Crippen LogP contribution < -0.4 is 0 Å².